The first-order valence-corrected chi connectivity index (χ1v) is 31.8. The second-order valence-electron chi connectivity index (χ2n) is 21.7. The molecule has 0 radical (unpaired) electrons. The molecule has 3 N–H and O–H groups in total. The third kappa shape index (κ3) is 57.2. The highest BCUT2D eigenvalue weighted by Gasteiger charge is 2.18. The molecule has 1 amide bonds. The fourth-order valence-corrected chi connectivity index (χ4v) is 9.74. The van der Waals surface area contributed by atoms with E-state index in [-0.39, 0.29) is 18.5 Å². The summed E-state index contributed by atoms with van der Waals surface area (Å²) >= 11 is 0. The fraction of sp³-hybridized carbons (Fsp3) is 0.877. The van der Waals surface area contributed by atoms with Gasteiger partial charge in [0.1, 0.15) is 0 Å². The van der Waals surface area contributed by atoms with E-state index in [1.807, 2.05) is 6.08 Å². The van der Waals surface area contributed by atoms with Gasteiger partial charge in [-0.3, -0.25) is 9.59 Å². The Balaban J connectivity index is 3.40. The van der Waals surface area contributed by atoms with Gasteiger partial charge < -0.3 is 20.3 Å². The van der Waals surface area contributed by atoms with Crippen LogP contribution in [0.25, 0.3) is 0 Å². The lowest BCUT2D eigenvalue weighted by molar-refractivity contribution is -0.143. The number of aliphatic hydroxyl groups excluding tert-OH is 2. The normalized spacial score (nSPS) is 12.8. The number of allylic oxidation sites excluding steroid dienone is 5. The molecule has 0 aromatic heterocycles. The molecule has 0 saturated carbocycles. The van der Waals surface area contributed by atoms with E-state index >= 15 is 0 Å². The largest absolute Gasteiger partial charge is 0.466 e. The zero-order valence-electron chi connectivity index (χ0n) is 47.7. The molecule has 0 aliphatic heterocycles. The first kappa shape index (κ1) is 69.1. The van der Waals surface area contributed by atoms with E-state index in [2.05, 4.69) is 43.5 Å². The molecule has 0 aromatic rings. The van der Waals surface area contributed by atoms with Gasteiger partial charge in [-0.05, 0) is 83.5 Å². The van der Waals surface area contributed by atoms with Crippen LogP contribution in [-0.4, -0.2) is 47.4 Å². The molecule has 0 bridgehead atoms. The molecular formula is C65H123NO5. The van der Waals surface area contributed by atoms with Crippen molar-refractivity contribution in [2.24, 2.45) is 0 Å². The number of hydrogen-bond acceptors (Lipinski definition) is 5. The molecule has 0 aliphatic rings. The van der Waals surface area contributed by atoms with Crippen LogP contribution in [0.4, 0.5) is 0 Å². The smallest absolute Gasteiger partial charge is 0.305 e. The highest BCUT2D eigenvalue weighted by molar-refractivity contribution is 5.76. The maximum atomic E-state index is 12.4. The first-order chi connectivity index (χ1) is 35.0. The minimum atomic E-state index is -0.847. The van der Waals surface area contributed by atoms with Crippen molar-refractivity contribution in [1.82, 2.24) is 5.32 Å². The molecule has 0 spiro atoms. The van der Waals surface area contributed by atoms with E-state index in [1.54, 1.807) is 6.08 Å². The highest BCUT2D eigenvalue weighted by Crippen LogP contribution is 2.17. The van der Waals surface area contributed by atoms with Gasteiger partial charge in [0.25, 0.3) is 0 Å². The van der Waals surface area contributed by atoms with Crippen LogP contribution in [0.5, 0.6) is 0 Å². The van der Waals surface area contributed by atoms with Crippen LogP contribution >= 0.6 is 0 Å². The molecule has 0 saturated heterocycles. The number of unbranched alkanes of at least 4 members (excludes halogenated alkanes) is 44. The molecule has 0 fully saturated rings. The lowest BCUT2D eigenvalue weighted by Gasteiger charge is -2.20. The molecule has 418 valence electrons. The van der Waals surface area contributed by atoms with Gasteiger partial charge in [-0.15, -0.1) is 0 Å². The Bertz CT molecular complexity index is 1150. The minimum absolute atomic E-state index is 0.00873. The zero-order valence-corrected chi connectivity index (χ0v) is 47.7. The van der Waals surface area contributed by atoms with Crippen LogP contribution in [0, 0.1) is 0 Å². The molecule has 2 unspecified atom stereocenters. The second kappa shape index (κ2) is 60.6. The lowest BCUT2D eigenvalue weighted by atomic mass is 10.0. The topological polar surface area (TPSA) is 95.9 Å². The summed E-state index contributed by atoms with van der Waals surface area (Å²) in [5.41, 5.74) is 0. The van der Waals surface area contributed by atoms with E-state index in [9.17, 15) is 19.8 Å². The summed E-state index contributed by atoms with van der Waals surface area (Å²) in [6, 6.07) is -0.631. The average molecular weight is 999 g/mol. The predicted molar refractivity (Wildman–Crippen MR) is 310 cm³/mol. The number of amides is 1. The van der Waals surface area contributed by atoms with Gasteiger partial charge in [0.15, 0.2) is 0 Å². The summed E-state index contributed by atoms with van der Waals surface area (Å²) in [5, 5.41) is 23.1. The second-order valence-corrected chi connectivity index (χ2v) is 21.7. The van der Waals surface area contributed by atoms with Crippen molar-refractivity contribution in [2.75, 3.05) is 13.2 Å². The van der Waals surface area contributed by atoms with Crippen molar-refractivity contribution in [3.8, 4) is 0 Å². The summed E-state index contributed by atoms with van der Waals surface area (Å²) in [4.78, 5) is 24.5. The number of rotatable bonds is 59. The fourth-order valence-electron chi connectivity index (χ4n) is 9.74. The summed E-state index contributed by atoms with van der Waals surface area (Å²) in [6.45, 7) is 4.90. The van der Waals surface area contributed by atoms with E-state index in [0.29, 0.717) is 19.4 Å². The lowest BCUT2D eigenvalue weighted by Crippen LogP contribution is -2.45. The average Bonchev–Trinajstić information content (AvgIpc) is 3.37. The monoisotopic (exact) mass is 998 g/mol. The van der Waals surface area contributed by atoms with Crippen molar-refractivity contribution in [3.05, 3.63) is 36.5 Å². The molecule has 6 heteroatoms. The van der Waals surface area contributed by atoms with Crippen molar-refractivity contribution < 1.29 is 24.5 Å². The van der Waals surface area contributed by atoms with Crippen molar-refractivity contribution in [2.45, 2.75) is 353 Å². The van der Waals surface area contributed by atoms with Gasteiger partial charge in [-0.2, -0.15) is 0 Å². The molecule has 0 rings (SSSR count). The first-order valence-electron chi connectivity index (χ1n) is 31.8. The van der Waals surface area contributed by atoms with Crippen LogP contribution in [0.1, 0.15) is 341 Å². The van der Waals surface area contributed by atoms with Gasteiger partial charge in [-0.25, -0.2) is 0 Å². The summed E-state index contributed by atoms with van der Waals surface area (Å²) in [5.74, 6) is -0.0635. The summed E-state index contributed by atoms with van der Waals surface area (Å²) < 4.78 is 5.49. The van der Waals surface area contributed by atoms with Crippen LogP contribution in [0.3, 0.4) is 0 Å². The Labute approximate surface area is 443 Å². The summed E-state index contributed by atoms with van der Waals surface area (Å²) in [7, 11) is 0. The Hall–Kier alpha value is -1.92. The maximum Gasteiger partial charge on any atom is 0.305 e. The number of carbonyl (C=O) groups is 2. The van der Waals surface area contributed by atoms with Gasteiger partial charge in [0.05, 0.1) is 25.4 Å². The molecular weight excluding hydrogens is 875 g/mol. The number of ether oxygens (including phenoxy) is 1. The van der Waals surface area contributed by atoms with E-state index < -0.39 is 12.1 Å². The predicted octanol–water partition coefficient (Wildman–Crippen LogP) is 20.0. The third-order valence-corrected chi connectivity index (χ3v) is 14.6. The van der Waals surface area contributed by atoms with Gasteiger partial charge in [0, 0.05) is 12.8 Å². The van der Waals surface area contributed by atoms with Crippen LogP contribution < -0.4 is 5.32 Å². The Morgan fingerprint density at radius 2 is 0.662 bits per heavy atom. The minimum Gasteiger partial charge on any atom is -0.466 e. The third-order valence-electron chi connectivity index (χ3n) is 14.6. The molecule has 0 aliphatic carbocycles. The number of esters is 1. The standard InChI is InChI=1S/C65H123NO5/c1-3-5-7-9-11-13-15-17-18-27-31-35-39-43-47-51-55-59-65(70)71-60-56-52-48-44-40-36-32-29-26-24-22-20-19-21-23-25-28-30-34-38-42-46-50-54-58-64(69)66-62(61-67)63(68)57-53-49-45-41-37-33-16-14-12-10-8-6-4-2/h17-18,21,23,53,57,62-63,67-68H,3-16,19-20,22,24-52,54-56,58-61H2,1-2H3,(H,66,69)/b18-17-,23-21-,57-53+. The zero-order chi connectivity index (χ0) is 51.4. The Kier molecular flexibility index (Phi) is 59.0. The number of nitrogens with one attached hydrogen (secondary N) is 1. The van der Waals surface area contributed by atoms with Crippen molar-refractivity contribution >= 4 is 11.9 Å². The Morgan fingerprint density at radius 1 is 0.380 bits per heavy atom. The van der Waals surface area contributed by atoms with Crippen molar-refractivity contribution in [3.63, 3.8) is 0 Å². The quantitative estimate of drug-likeness (QED) is 0.0321. The van der Waals surface area contributed by atoms with Crippen LogP contribution in [0.2, 0.25) is 0 Å². The van der Waals surface area contributed by atoms with Gasteiger partial charge in [-0.1, -0.05) is 281 Å². The van der Waals surface area contributed by atoms with Crippen LogP contribution in [-0.2, 0) is 14.3 Å². The summed E-state index contributed by atoms with van der Waals surface area (Å²) in [6.07, 6.45) is 76.2. The van der Waals surface area contributed by atoms with E-state index in [1.165, 1.54) is 270 Å². The molecule has 0 heterocycles. The molecule has 0 aromatic carbocycles. The molecule has 6 nitrogen and oxygen atoms in total. The number of carbonyl (C=O) groups excluding carboxylic acids is 2. The van der Waals surface area contributed by atoms with Gasteiger partial charge >= 0.3 is 5.97 Å². The maximum absolute atomic E-state index is 12.4. The SMILES string of the molecule is CCCCCCCC/C=C\CCCCCCCCCC(=O)OCCCCCCCCCCCCCC/C=C\CCCCCCCCCCC(=O)NC(CO)C(O)/C=C/CCCCCCCCCCCCC. The van der Waals surface area contributed by atoms with Gasteiger partial charge in [0.2, 0.25) is 5.91 Å². The van der Waals surface area contributed by atoms with Crippen LogP contribution in [0.15, 0.2) is 36.5 Å². The Morgan fingerprint density at radius 3 is 1.00 bits per heavy atom. The number of hydrogen-bond donors (Lipinski definition) is 3. The molecule has 2 atom stereocenters. The van der Waals surface area contributed by atoms with Crippen molar-refractivity contribution in [1.29, 1.82) is 0 Å². The van der Waals surface area contributed by atoms with E-state index in [4.69, 9.17) is 4.74 Å². The number of aliphatic hydroxyl groups is 2. The molecule has 71 heavy (non-hydrogen) atoms. The highest BCUT2D eigenvalue weighted by atomic mass is 16.5. The van der Waals surface area contributed by atoms with E-state index in [0.717, 1.165) is 44.9 Å².